The smallest absolute Gasteiger partial charge is 0.129 e. The van der Waals surface area contributed by atoms with Gasteiger partial charge in [0, 0.05) is 40.8 Å². The van der Waals surface area contributed by atoms with E-state index in [0.717, 1.165) is 16.5 Å². The highest BCUT2D eigenvalue weighted by atomic mass is 35.5. The van der Waals surface area contributed by atoms with Crippen molar-refractivity contribution >= 4 is 22.5 Å². The number of nitrogens with zero attached hydrogens (tertiary/aromatic N) is 1. The Bertz CT molecular complexity index is 846. The van der Waals surface area contributed by atoms with Crippen molar-refractivity contribution < 1.29 is 14.2 Å². The van der Waals surface area contributed by atoms with Crippen LogP contribution in [0.4, 0.5) is 4.39 Å². The molecule has 0 radical (unpaired) electrons. The van der Waals surface area contributed by atoms with Gasteiger partial charge in [-0.3, -0.25) is 0 Å². The van der Waals surface area contributed by atoms with Crippen LogP contribution in [-0.4, -0.2) is 36.0 Å². The van der Waals surface area contributed by atoms with Crippen molar-refractivity contribution in [3.8, 4) is 0 Å². The number of benzene rings is 2. The first-order chi connectivity index (χ1) is 12.7. The Labute approximate surface area is 157 Å². The van der Waals surface area contributed by atoms with Gasteiger partial charge in [0.05, 0.1) is 26.4 Å². The largest absolute Gasteiger partial charge is 0.394 e. The Kier molecular flexibility index (Phi) is 6.63. The molecule has 2 aromatic carbocycles. The Morgan fingerprint density at radius 2 is 1.96 bits per heavy atom. The highest BCUT2D eigenvalue weighted by molar-refractivity contribution is 6.31. The third kappa shape index (κ3) is 4.43. The molecule has 3 rings (SSSR count). The molecule has 0 bridgehead atoms. The van der Waals surface area contributed by atoms with Gasteiger partial charge in [0.15, 0.2) is 0 Å². The van der Waals surface area contributed by atoms with Gasteiger partial charge in [0.2, 0.25) is 0 Å². The summed E-state index contributed by atoms with van der Waals surface area (Å²) < 4.78 is 21.4. The monoisotopic (exact) mass is 376 g/mol. The highest BCUT2D eigenvalue weighted by Crippen LogP contribution is 2.25. The third-order valence-corrected chi connectivity index (χ3v) is 4.59. The van der Waals surface area contributed by atoms with Gasteiger partial charge in [-0.2, -0.15) is 0 Å². The van der Waals surface area contributed by atoms with Crippen molar-refractivity contribution in [1.82, 2.24) is 9.88 Å². The van der Waals surface area contributed by atoms with Crippen LogP contribution in [0.5, 0.6) is 0 Å². The van der Waals surface area contributed by atoms with E-state index in [4.69, 9.17) is 21.4 Å². The Morgan fingerprint density at radius 1 is 1.12 bits per heavy atom. The highest BCUT2D eigenvalue weighted by Gasteiger charge is 2.12. The molecule has 0 aliphatic rings. The van der Waals surface area contributed by atoms with Crippen molar-refractivity contribution in [2.75, 3.05) is 26.4 Å². The van der Waals surface area contributed by atoms with E-state index in [9.17, 15) is 4.39 Å². The number of ether oxygens (including phenoxy) is 1. The molecule has 26 heavy (non-hydrogen) atoms. The van der Waals surface area contributed by atoms with E-state index >= 15 is 0 Å². The summed E-state index contributed by atoms with van der Waals surface area (Å²) in [5.41, 5.74) is 2.67. The van der Waals surface area contributed by atoms with Gasteiger partial charge in [-0.15, -0.1) is 0 Å². The number of aliphatic hydroxyl groups excluding tert-OH is 1. The second kappa shape index (κ2) is 9.14. The number of rotatable bonds is 9. The zero-order valence-corrected chi connectivity index (χ0v) is 15.2. The van der Waals surface area contributed by atoms with E-state index < -0.39 is 0 Å². The Balaban J connectivity index is 1.77. The van der Waals surface area contributed by atoms with Gasteiger partial charge >= 0.3 is 0 Å². The van der Waals surface area contributed by atoms with Crippen molar-refractivity contribution in [2.24, 2.45) is 0 Å². The van der Waals surface area contributed by atoms with E-state index in [1.54, 1.807) is 12.1 Å². The maximum absolute atomic E-state index is 14.2. The van der Waals surface area contributed by atoms with Crippen LogP contribution in [0.25, 0.3) is 10.9 Å². The summed E-state index contributed by atoms with van der Waals surface area (Å²) in [6.07, 6.45) is 2.04. The third-order valence-electron chi connectivity index (χ3n) is 4.24. The average molecular weight is 377 g/mol. The van der Waals surface area contributed by atoms with Gasteiger partial charge in [-0.1, -0.05) is 35.9 Å². The standard InChI is InChI=1S/C20H22ClFN2O2/c21-18-5-3-6-19(22)17(18)14-24-13-15(12-23-8-10-26-11-9-25)16-4-1-2-7-20(16)24/h1-7,13,23,25H,8-12,14H2. The van der Waals surface area contributed by atoms with Crippen LogP contribution in [0.1, 0.15) is 11.1 Å². The second-order valence-electron chi connectivity index (χ2n) is 6.01. The van der Waals surface area contributed by atoms with Crippen LogP contribution in [0.3, 0.4) is 0 Å². The lowest BCUT2D eigenvalue weighted by atomic mass is 10.2. The lowest BCUT2D eigenvalue weighted by Crippen LogP contribution is -2.19. The van der Waals surface area contributed by atoms with Crippen molar-refractivity contribution in [3.63, 3.8) is 0 Å². The van der Waals surface area contributed by atoms with Gasteiger partial charge in [0.1, 0.15) is 5.82 Å². The molecular formula is C20H22ClFN2O2. The molecule has 1 aromatic heterocycles. The zero-order chi connectivity index (χ0) is 18.4. The van der Waals surface area contributed by atoms with Gasteiger partial charge in [-0.05, 0) is 23.8 Å². The number of para-hydroxylation sites is 1. The fourth-order valence-electron chi connectivity index (χ4n) is 2.98. The fraction of sp³-hybridized carbons (Fsp3) is 0.300. The number of nitrogens with one attached hydrogen (secondary N) is 1. The minimum atomic E-state index is -0.295. The molecular weight excluding hydrogens is 355 g/mol. The van der Waals surface area contributed by atoms with Crippen molar-refractivity contribution in [1.29, 1.82) is 0 Å². The normalized spacial score (nSPS) is 11.3. The molecule has 0 saturated carbocycles. The fourth-order valence-corrected chi connectivity index (χ4v) is 3.21. The first-order valence-electron chi connectivity index (χ1n) is 8.59. The van der Waals surface area contributed by atoms with Crippen LogP contribution < -0.4 is 5.32 Å². The topological polar surface area (TPSA) is 46.4 Å². The predicted octanol–water partition coefficient (Wildman–Crippen LogP) is 3.58. The van der Waals surface area contributed by atoms with E-state index in [2.05, 4.69) is 11.4 Å². The quantitative estimate of drug-likeness (QED) is 0.561. The predicted molar refractivity (Wildman–Crippen MR) is 102 cm³/mol. The van der Waals surface area contributed by atoms with E-state index in [1.165, 1.54) is 6.07 Å². The molecule has 0 spiro atoms. The van der Waals surface area contributed by atoms with Gasteiger partial charge in [-0.25, -0.2) is 4.39 Å². The molecule has 0 fully saturated rings. The molecule has 0 aliphatic carbocycles. The maximum Gasteiger partial charge on any atom is 0.129 e. The second-order valence-corrected chi connectivity index (χ2v) is 6.42. The minimum absolute atomic E-state index is 0.0338. The van der Waals surface area contributed by atoms with E-state index in [0.29, 0.717) is 43.4 Å². The summed E-state index contributed by atoms with van der Waals surface area (Å²) in [5.74, 6) is -0.295. The summed E-state index contributed by atoms with van der Waals surface area (Å²) >= 11 is 6.18. The number of hydrogen-bond acceptors (Lipinski definition) is 3. The molecule has 0 aliphatic heterocycles. The molecule has 0 unspecified atom stereocenters. The molecule has 2 N–H and O–H groups in total. The SMILES string of the molecule is OCCOCCNCc1cn(Cc2c(F)cccc2Cl)c2ccccc12. The Morgan fingerprint density at radius 3 is 2.77 bits per heavy atom. The lowest BCUT2D eigenvalue weighted by molar-refractivity contribution is 0.0938. The number of aromatic nitrogens is 1. The number of hydrogen-bond donors (Lipinski definition) is 2. The first kappa shape index (κ1) is 18.9. The van der Waals surface area contributed by atoms with Crippen LogP contribution in [0, 0.1) is 5.82 Å². The summed E-state index contributed by atoms with van der Waals surface area (Å²) in [7, 11) is 0. The van der Waals surface area contributed by atoms with Crippen molar-refractivity contribution in [3.05, 3.63) is 70.6 Å². The van der Waals surface area contributed by atoms with Crippen LogP contribution in [0.15, 0.2) is 48.7 Å². The lowest BCUT2D eigenvalue weighted by Gasteiger charge is -2.08. The summed E-state index contributed by atoms with van der Waals surface area (Å²) in [4.78, 5) is 0. The molecule has 1 heterocycles. The number of fused-ring (bicyclic) bond motifs is 1. The number of halogens is 2. The van der Waals surface area contributed by atoms with E-state index in [-0.39, 0.29) is 12.4 Å². The van der Waals surface area contributed by atoms with Crippen LogP contribution in [0.2, 0.25) is 5.02 Å². The number of aliphatic hydroxyl groups is 1. The summed E-state index contributed by atoms with van der Waals surface area (Å²) in [5, 5.41) is 13.6. The molecule has 0 atom stereocenters. The minimum Gasteiger partial charge on any atom is -0.394 e. The molecule has 3 aromatic rings. The Hall–Kier alpha value is -1.92. The van der Waals surface area contributed by atoms with Gasteiger partial charge < -0.3 is 19.7 Å². The molecule has 0 saturated heterocycles. The van der Waals surface area contributed by atoms with Gasteiger partial charge in [0.25, 0.3) is 0 Å². The van der Waals surface area contributed by atoms with Crippen LogP contribution >= 0.6 is 11.6 Å². The molecule has 4 nitrogen and oxygen atoms in total. The summed E-state index contributed by atoms with van der Waals surface area (Å²) in [6, 6.07) is 12.8. The zero-order valence-electron chi connectivity index (χ0n) is 14.4. The molecule has 6 heteroatoms. The first-order valence-corrected chi connectivity index (χ1v) is 8.97. The van der Waals surface area contributed by atoms with E-state index in [1.807, 2.05) is 29.0 Å². The summed E-state index contributed by atoms with van der Waals surface area (Å²) in [6.45, 7) is 2.69. The maximum atomic E-state index is 14.2. The average Bonchev–Trinajstić information content (AvgIpc) is 2.99. The van der Waals surface area contributed by atoms with Crippen molar-refractivity contribution in [2.45, 2.75) is 13.1 Å². The molecule has 138 valence electrons. The van der Waals surface area contributed by atoms with Crippen LogP contribution in [-0.2, 0) is 17.8 Å². The molecule has 0 amide bonds.